The topological polar surface area (TPSA) is 78.0 Å². The van der Waals surface area contributed by atoms with Crippen molar-refractivity contribution in [2.24, 2.45) is 4.99 Å². The SMILES string of the molecule is CN=C(NCCc1nc2ccccc2[nH]1)NCc1nc(C(C)C)cs1. The van der Waals surface area contributed by atoms with E-state index in [0.29, 0.717) is 12.5 Å². The van der Waals surface area contributed by atoms with Crippen LogP contribution < -0.4 is 10.6 Å². The zero-order valence-electron chi connectivity index (χ0n) is 14.8. The predicted molar refractivity (Wildman–Crippen MR) is 104 cm³/mol. The molecule has 3 rings (SSSR count). The van der Waals surface area contributed by atoms with Crippen molar-refractivity contribution in [2.75, 3.05) is 13.6 Å². The number of rotatable bonds is 6. The first-order valence-electron chi connectivity index (χ1n) is 8.48. The van der Waals surface area contributed by atoms with Crippen LogP contribution in [0.5, 0.6) is 0 Å². The number of aromatic amines is 1. The van der Waals surface area contributed by atoms with Crippen LogP contribution in [0.15, 0.2) is 34.6 Å². The first-order valence-corrected chi connectivity index (χ1v) is 9.36. The van der Waals surface area contributed by atoms with Gasteiger partial charge >= 0.3 is 0 Å². The summed E-state index contributed by atoms with van der Waals surface area (Å²) in [6.07, 6.45) is 0.810. The molecule has 132 valence electrons. The van der Waals surface area contributed by atoms with Crippen molar-refractivity contribution < 1.29 is 0 Å². The molecular formula is C18H24N6S. The van der Waals surface area contributed by atoms with Crippen LogP contribution in [-0.2, 0) is 13.0 Å². The zero-order chi connectivity index (χ0) is 17.6. The van der Waals surface area contributed by atoms with Crippen LogP contribution in [0.4, 0.5) is 0 Å². The van der Waals surface area contributed by atoms with Crippen LogP contribution in [0.2, 0.25) is 0 Å². The van der Waals surface area contributed by atoms with Gasteiger partial charge in [-0.1, -0.05) is 26.0 Å². The number of thiazole rings is 1. The molecule has 0 aliphatic rings. The summed E-state index contributed by atoms with van der Waals surface area (Å²) in [6.45, 7) is 5.76. The minimum atomic E-state index is 0.464. The number of nitrogens with zero attached hydrogens (tertiary/aromatic N) is 3. The Morgan fingerprint density at radius 3 is 2.80 bits per heavy atom. The molecule has 2 aromatic heterocycles. The molecule has 0 amide bonds. The second kappa shape index (κ2) is 8.11. The molecular weight excluding hydrogens is 332 g/mol. The fraction of sp³-hybridized carbons (Fsp3) is 0.389. The summed E-state index contributed by atoms with van der Waals surface area (Å²) in [5.41, 5.74) is 3.23. The molecule has 0 saturated carbocycles. The molecule has 0 unspecified atom stereocenters. The number of H-pyrrole nitrogens is 1. The van der Waals surface area contributed by atoms with Gasteiger partial charge in [0.2, 0.25) is 0 Å². The van der Waals surface area contributed by atoms with E-state index in [-0.39, 0.29) is 0 Å². The molecule has 0 bridgehead atoms. The fourth-order valence-corrected chi connectivity index (χ4v) is 3.37. The second-order valence-electron chi connectivity index (χ2n) is 6.12. The molecule has 0 radical (unpaired) electrons. The summed E-state index contributed by atoms with van der Waals surface area (Å²) in [7, 11) is 1.78. The average molecular weight is 356 g/mol. The van der Waals surface area contributed by atoms with Crippen molar-refractivity contribution in [3.63, 3.8) is 0 Å². The third-order valence-electron chi connectivity index (χ3n) is 3.88. The maximum absolute atomic E-state index is 4.63. The first-order chi connectivity index (χ1) is 12.2. The summed E-state index contributed by atoms with van der Waals surface area (Å²) >= 11 is 1.68. The van der Waals surface area contributed by atoms with Gasteiger partial charge in [-0.2, -0.15) is 0 Å². The van der Waals surface area contributed by atoms with E-state index in [1.165, 1.54) is 0 Å². The van der Waals surface area contributed by atoms with Crippen LogP contribution in [0, 0.1) is 0 Å². The van der Waals surface area contributed by atoms with Crippen molar-refractivity contribution in [3.05, 3.63) is 46.2 Å². The summed E-state index contributed by atoms with van der Waals surface area (Å²) < 4.78 is 0. The lowest BCUT2D eigenvalue weighted by Gasteiger charge is -2.10. The van der Waals surface area contributed by atoms with Gasteiger partial charge in [0.25, 0.3) is 0 Å². The average Bonchev–Trinajstić information content (AvgIpc) is 3.24. The Morgan fingerprint density at radius 2 is 2.08 bits per heavy atom. The first kappa shape index (κ1) is 17.4. The van der Waals surface area contributed by atoms with E-state index in [2.05, 4.69) is 49.8 Å². The van der Waals surface area contributed by atoms with E-state index >= 15 is 0 Å². The number of para-hydroxylation sites is 2. The molecule has 0 aliphatic heterocycles. The van der Waals surface area contributed by atoms with Crippen LogP contribution in [0.1, 0.15) is 36.3 Å². The lowest BCUT2D eigenvalue weighted by Crippen LogP contribution is -2.37. The van der Waals surface area contributed by atoms with Gasteiger partial charge in [0.05, 0.1) is 23.3 Å². The maximum atomic E-state index is 4.63. The van der Waals surface area contributed by atoms with Gasteiger partial charge in [-0.15, -0.1) is 11.3 Å². The van der Waals surface area contributed by atoms with E-state index in [4.69, 9.17) is 0 Å². The number of nitrogens with one attached hydrogen (secondary N) is 3. The van der Waals surface area contributed by atoms with Gasteiger partial charge in [-0.3, -0.25) is 4.99 Å². The van der Waals surface area contributed by atoms with Crippen molar-refractivity contribution in [3.8, 4) is 0 Å². The van der Waals surface area contributed by atoms with Crippen molar-refractivity contribution in [1.82, 2.24) is 25.6 Å². The third kappa shape index (κ3) is 4.57. The number of aromatic nitrogens is 3. The predicted octanol–water partition coefficient (Wildman–Crippen LogP) is 3.05. The monoisotopic (exact) mass is 356 g/mol. The van der Waals surface area contributed by atoms with Crippen LogP contribution in [-0.4, -0.2) is 34.5 Å². The highest BCUT2D eigenvalue weighted by atomic mass is 32.1. The quantitative estimate of drug-likeness (QED) is 0.469. The highest BCUT2D eigenvalue weighted by molar-refractivity contribution is 7.09. The highest BCUT2D eigenvalue weighted by Crippen LogP contribution is 2.17. The molecule has 3 aromatic rings. The van der Waals surface area contributed by atoms with Crippen LogP contribution >= 0.6 is 11.3 Å². The third-order valence-corrected chi connectivity index (χ3v) is 4.75. The molecule has 2 heterocycles. The van der Waals surface area contributed by atoms with E-state index in [1.807, 2.05) is 24.3 Å². The Labute approximate surface area is 151 Å². The van der Waals surface area contributed by atoms with Crippen LogP contribution in [0.3, 0.4) is 0 Å². The summed E-state index contributed by atoms with van der Waals surface area (Å²) in [6, 6.07) is 8.07. The largest absolute Gasteiger partial charge is 0.356 e. The lowest BCUT2D eigenvalue weighted by atomic mass is 10.2. The van der Waals surface area contributed by atoms with E-state index < -0.39 is 0 Å². The number of guanidine groups is 1. The molecule has 0 aliphatic carbocycles. The number of hydrogen-bond donors (Lipinski definition) is 3. The number of hydrogen-bond acceptors (Lipinski definition) is 4. The number of benzene rings is 1. The standard InChI is InChI=1S/C18H24N6S/c1-12(2)15-11-25-17(24-15)10-21-18(19-3)20-9-8-16-22-13-6-4-5-7-14(13)23-16/h4-7,11-12H,8-10H2,1-3H3,(H,22,23)(H2,19,20,21). The second-order valence-corrected chi connectivity index (χ2v) is 7.07. The van der Waals surface area contributed by atoms with Gasteiger partial charge in [-0.05, 0) is 18.1 Å². The van der Waals surface area contributed by atoms with E-state index in [1.54, 1.807) is 18.4 Å². The van der Waals surface area contributed by atoms with Crippen molar-refractivity contribution >= 4 is 28.3 Å². The van der Waals surface area contributed by atoms with Crippen molar-refractivity contribution in [2.45, 2.75) is 32.7 Å². The number of imidazole rings is 1. The molecule has 1 aromatic carbocycles. The molecule has 7 heteroatoms. The van der Waals surface area contributed by atoms with Crippen LogP contribution in [0.25, 0.3) is 11.0 Å². The summed E-state index contributed by atoms with van der Waals surface area (Å²) in [5.74, 6) is 2.22. The van der Waals surface area contributed by atoms with Crippen molar-refractivity contribution in [1.29, 1.82) is 0 Å². The summed E-state index contributed by atoms with van der Waals surface area (Å²) in [5, 5.41) is 9.82. The van der Waals surface area contributed by atoms with E-state index in [9.17, 15) is 0 Å². The Kier molecular flexibility index (Phi) is 5.65. The van der Waals surface area contributed by atoms with Gasteiger partial charge < -0.3 is 15.6 Å². The molecule has 0 saturated heterocycles. The number of fused-ring (bicyclic) bond motifs is 1. The molecule has 3 N–H and O–H groups in total. The Balaban J connectivity index is 1.47. The number of aliphatic imine (C=N–C) groups is 1. The summed E-state index contributed by atoms with van der Waals surface area (Å²) in [4.78, 5) is 16.8. The van der Waals surface area contributed by atoms with Gasteiger partial charge in [0.15, 0.2) is 5.96 Å². The highest BCUT2D eigenvalue weighted by Gasteiger charge is 2.07. The smallest absolute Gasteiger partial charge is 0.191 e. The molecule has 6 nitrogen and oxygen atoms in total. The molecule has 0 fully saturated rings. The lowest BCUT2D eigenvalue weighted by molar-refractivity contribution is 0.767. The Hall–Kier alpha value is -2.41. The van der Waals surface area contributed by atoms with Gasteiger partial charge in [0.1, 0.15) is 10.8 Å². The fourth-order valence-electron chi connectivity index (χ4n) is 2.47. The van der Waals surface area contributed by atoms with Gasteiger partial charge in [0, 0.05) is 25.4 Å². The minimum Gasteiger partial charge on any atom is -0.356 e. The minimum absolute atomic E-state index is 0.464. The molecule has 0 atom stereocenters. The zero-order valence-corrected chi connectivity index (χ0v) is 15.7. The van der Waals surface area contributed by atoms with E-state index in [0.717, 1.165) is 46.5 Å². The van der Waals surface area contributed by atoms with Gasteiger partial charge in [-0.25, -0.2) is 9.97 Å². The Bertz CT molecular complexity index is 815. The molecule has 0 spiro atoms. The molecule has 25 heavy (non-hydrogen) atoms. The maximum Gasteiger partial charge on any atom is 0.191 e. The normalized spacial score (nSPS) is 12.1. The Morgan fingerprint density at radius 1 is 1.24 bits per heavy atom.